The minimum Gasteiger partial charge on any atom is -0.508 e. The van der Waals surface area contributed by atoms with Crippen LogP contribution in [0.15, 0.2) is 18.2 Å². The van der Waals surface area contributed by atoms with Crippen molar-refractivity contribution >= 4 is 0 Å². The summed E-state index contributed by atoms with van der Waals surface area (Å²) in [6.07, 6.45) is 3.22. The fraction of sp³-hybridized carbons (Fsp3) is 0.455. The largest absolute Gasteiger partial charge is 0.508 e. The van der Waals surface area contributed by atoms with Gasteiger partial charge in [0.25, 0.3) is 0 Å². The van der Waals surface area contributed by atoms with Crippen molar-refractivity contribution in [3.8, 4) is 11.5 Å². The Kier molecular flexibility index (Phi) is 2.11. The summed E-state index contributed by atoms with van der Waals surface area (Å²) in [4.78, 5) is 0. The molecule has 4 N–H and O–H groups in total. The lowest BCUT2D eigenvalue weighted by molar-refractivity contribution is 0.244. The van der Waals surface area contributed by atoms with E-state index in [-0.39, 0.29) is 16.9 Å². The lowest BCUT2D eigenvalue weighted by Crippen LogP contribution is -2.41. The molecule has 0 aromatic heterocycles. The first-order valence-electron chi connectivity index (χ1n) is 4.90. The summed E-state index contributed by atoms with van der Waals surface area (Å²) in [7, 11) is 0. The SMILES string of the molecule is NCC1(c2ccc(O)cc2O)CCC1. The normalized spacial score (nSPS) is 18.9. The summed E-state index contributed by atoms with van der Waals surface area (Å²) in [5.41, 5.74) is 6.57. The highest BCUT2D eigenvalue weighted by atomic mass is 16.3. The summed E-state index contributed by atoms with van der Waals surface area (Å²) < 4.78 is 0. The number of nitrogens with two attached hydrogens (primary N) is 1. The highest BCUT2D eigenvalue weighted by molar-refractivity contribution is 5.44. The molecule has 0 atom stereocenters. The number of aromatic hydroxyl groups is 2. The van der Waals surface area contributed by atoms with Gasteiger partial charge >= 0.3 is 0 Å². The molecule has 1 fully saturated rings. The van der Waals surface area contributed by atoms with E-state index in [0.29, 0.717) is 6.54 Å². The van der Waals surface area contributed by atoms with Crippen molar-refractivity contribution in [2.75, 3.05) is 6.54 Å². The molecule has 14 heavy (non-hydrogen) atoms. The maximum absolute atomic E-state index is 9.71. The predicted octanol–water partition coefficient (Wildman–Crippen LogP) is 1.48. The lowest BCUT2D eigenvalue weighted by Gasteiger charge is -2.41. The molecule has 0 amide bonds. The predicted molar refractivity (Wildman–Crippen MR) is 54.4 cm³/mol. The fourth-order valence-electron chi connectivity index (χ4n) is 2.16. The molecular formula is C11H15NO2. The first kappa shape index (κ1) is 9.34. The van der Waals surface area contributed by atoms with Crippen LogP contribution in [-0.4, -0.2) is 16.8 Å². The molecule has 1 aromatic rings. The molecule has 0 aliphatic heterocycles. The van der Waals surface area contributed by atoms with E-state index >= 15 is 0 Å². The van der Waals surface area contributed by atoms with Crippen LogP contribution in [0.5, 0.6) is 11.5 Å². The van der Waals surface area contributed by atoms with Crippen molar-refractivity contribution in [3.63, 3.8) is 0 Å². The lowest BCUT2D eigenvalue weighted by atomic mass is 9.64. The highest BCUT2D eigenvalue weighted by Crippen LogP contribution is 2.46. The van der Waals surface area contributed by atoms with E-state index in [2.05, 4.69) is 0 Å². The zero-order valence-electron chi connectivity index (χ0n) is 8.03. The molecule has 76 valence electrons. The second-order valence-corrected chi connectivity index (χ2v) is 4.04. The minimum absolute atomic E-state index is 0.0439. The summed E-state index contributed by atoms with van der Waals surface area (Å²) in [6, 6.07) is 4.76. The molecule has 3 nitrogen and oxygen atoms in total. The van der Waals surface area contributed by atoms with Gasteiger partial charge in [0, 0.05) is 23.6 Å². The number of hydrogen-bond acceptors (Lipinski definition) is 3. The summed E-state index contributed by atoms with van der Waals surface area (Å²) in [5, 5.41) is 18.9. The van der Waals surface area contributed by atoms with Crippen LogP contribution < -0.4 is 5.73 Å². The van der Waals surface area contributed by atoms with Crippen LogP contribution in [0.1, 0.15) is 24.8 Å². The van der Waals surface area contributed by atoms with Gasteiger partial charge in [-0.2, -0.15) is 0 Å². The van der Waals surface area contributed by atoms with Gasteiger partial charge in [-0.1, -0.05) is 12.5 Å². The highest BCUT2D eigenvalue weighted by Gasteiger charge is 2.39. The standard InChI is InChI=1S/C11H15NO2/c12-7-11(4-1-5-11)9-3-2-8(13)6-10(9)14/h2-3,6,13-14H,1,4-5,7,12H2. The molecule has 0 radical (unpaired) electrons. The van der Waals surface area contributed by atoms with Crippen molar-refractivity contribution in [1.29, 1.82) is 0 Å². The van der Waals surface area contributed by atoms with Gasteiger partial charge in [-0.05, 0) is 18.9 Å². The Morgan fingerprint density at radius 3 is 2.43 bits per heavy atom. The van der Waals surface area contributed by atoms with Gasteiger partial charge in [-0.15, -0.1) is 0 Å². The Balaban J connectivity index is 2.40. The first-order valence-corrected chi connectivity index (χ1v) is 4.90. The van der Waals surface area contributed by atoms with E-state index in [0.717, 1.165) is 24.8 Å². The second-order valence-electron chi connectivity index (χ2n) is 4.04. The van der Waals surface area contributed by atoms with E-state index in [1.165, 1.54) is 6.07 Å². The minimum atomic E-state index is -0.0439. The van der Waals surface area contributed by atoms with E-state index in [1.54, 1.807) is 12.1 Å². The Labute approximate surface area is 83.2 Å². The van der Waals surface area contributed by atoms with Crippen molar-refractivity contribution in [1.82, 2.24) is 0 Å². The van der Waals surface area contributed by atoms with E-state index in [9.17, 15) is 10.2 Å². The topological polar surface area (TPSA) is 66.5 Å². The van der Waals surface area contributed by atoms with Crippen LogP contribution in [0, 0.1) is 0 Å². The molecule has 1 aliphatic rings. The average Bonchev–Trinajstić information content (AvgIpc) is 2.07. The summed E-state index contributed by atoms with van der Waals surface area (Å²) in [6.45, 7) is 0.561. The van der Waals surface area contributed by atoms with Gasteiger partial charge in [0.1, 0.15) is 11.5 Å². The number of rotatable bonds is 2. The molecule has 0 heterocycles. The monoisotopic (exact) mass is 193 g/mol. The van der Waals surface area contributed by atoms with Gasteiger partial charge in [0.05, 0.1) is 0 Å². The quantitative estimate of drug-likeness (QED) is 0.666. The number of hydrogen-bond donors (Lipinski definition) is 3. The van der Waals surface area contributed by atoms with Crippen molar-refractivity contribution in [3.05, 3.63) is 23.8 Å². The Bertz CT molecular complexity index is 340. The summed E-state index contributed by atoms with van der Waals surface area (Å²) >= 11 is 0. The van der Waals surface area contributed by atoms with Crippen molar-refractivity contribution < 1.29 is 10.2 Å². The second kappa shape index (κ2) is 3.17. The zero-order valence-corrected chi connectivity index (χ0v) is 8.03. The average molecular weight is 193 g/mol. The molecule has 1 aliphatic carbocycles. The van der Waals surface area contributed by atoms with E-state index in [4.69, 9.17) is 5.73 Å². The molecular weight excluding hydrogens is 178 g/mol. The van der Waals surface area contributed by atoms with Gasteiger partial charge in [0.2, 0.25) is 0 Å². The van der Waals surface area contributed by atoms with Gasteiger partial charge in [-0.25, -0.2) is 0 Å². The van der Waals surface area contributed by atoms with Crippen LogP contribution in [0.4, 0.5) is 0 Å². The number of phenolic OH excluding ortho intramolecular Hbond substituents is 2. The smallest absolute Gasteiger partial charge is 0.123 e. The molecule has 0 bridgehead atoms. The maximum Gasteiger partial charge on any atom is 0.123 e. The molecule has 0 spiro atoms. The van der Waals surface area contributed by atoms with E-state index < -0.39 is 0 Å². The fourth-order valence-corrected chi connectivity index (χ4v) is 2.16. The van der Waals surface area contributed by atoms with Crippen LogP contribution in [-0.2, 0) is 5.41 Å². The number of benzene rings is 1. The van der Waals surface area contributed by atoms with Crippen LogP contribution >= 0.6 is 0 Å². The van der Waals surface area contributed by atoms with Crippen LogP contribution in [0.2, 0.25) is 0 Å². The zero-order chi connectivity index (χ0) is 10.2. The van der Waals surface area contributed by atoms with Crippen LogP contribution in [0.3, 0.4) is 0 Å². The van der Waals surface area contributed by atoms with E-state index in [1.807, 2.05) is 0 Å². The first-order chi connectivity index (χ1) is 6.68. The van der Waals surface area contributed by atoms with Gasteiger partial charge < -0.3 is 15.9 Å². The number of phenols is 2. The summed E-state index contributed by atoms with van der Waals surface area (Å²) in [5.74, 6) is 0.257. The maximum atomic E-state index is 9.71. The third kappa shape index (κ3) is 1.24. The van der Waals surface area contributed by atoms with Crippen LogP contribution in [0.25, 0.3) is 0 Å². The molecule has 0 saturated heterocycles. The molecule has 2 rings (SSSR count). The Morgan fingerprint density at radius 2 is 2.00 bits per heavy atom. The third-order valence-corrected chi connectivity index (χ3v) is 3.25. The molecule has 3 heteroatoms. The van der Waals surface area contributed by atoms with Crippen molar-refractivity contribution in [2.24, 2.45) is 5.73 Å². The molecule has 1 saturated carbocycles. The van der Waals surface area contributed by atoms with Gasteiger partial charge in [0.15, 0.2) is 0 Å². The van der Waals surface area contributed by atoms with Crippen molar-refractivity contribution in [2.45, 2.75) is 24.7 Å². The molecule has 0 unspecified atom stereocenters. The molecule has 1 aromatic carbocycles. The Hall–Kier alpha value is -1.22. The van der Waals surface area contributed by atoms with Gasteiger partial charge in [-0.3, -0.25) is 0 Å². The Morgan fingerprint density at radius 1 is 1.29 bits per heavy atom. The third-order valence-electron chi connectivity index (χ3n) is 3.25.